The lowest BCUT2D eigenvalue weighted by Gasteiger charge is -2.09. The van der Waals surface area contributed by atoms with Gasteiger partial charge in [0.1, 0.15) is 11.5 Å². The quantitative estimate of drug-likeness (QED) is 0.584. The maximum atomic E-state index is 12.9. The highest BCUT2D eigenvalue weighted by Crippen LogP contribution is 2.33. The van der Waals surface area contributed by atoms with Crippen LogP contribution in [0.15, 0.2) is 35.3 Å². The average Bonchev–Trinajstić information content (AvgIpc) is 3.08. The number of thiazole rings is 1. The molecule has 0 bridgehead atoms. The number of ether oxygens (including phenoxy) is 4. The Hall–Kier alpha value is -3.00. The highest BCUT2D eigenvalue weighted by molar-refractivity contribution is 7.16. The fraction of sp³-hybridized carbons (Fsp3) is 0.333. The number of amides is 1. The van der Waals surface area contributed by atoms with Crippen LogP contribution in [0, 0.1) is 0 Å². The van der Waals surface area contributed by atoms with Crippen molar-refractivity contribution in [3.63, 3.8) is 0 Å². The van der Waals surface area contributed by atoms with Crippen molar-refractivity contribution in [2.45, 2.75) is 19.9 Å². The Kier molecular flexibility index (Phi) is 6.43. The Morgan fingerprint density at radius 3 is 2.28 bits per heavy atom. The van der Waals surface area contributed by atoms with Gasteiger partial charge in [0.15, 0.2) is 16.3 Å². The normalized spacial score (nSPS) is 11.6. The highest BCUT2D eigenvalue weighted by atomic mass is 32.1. The molecule has 0 atom stereocenters. The topological polar surface area (TPSA) is 71.3 Å². The summed E-state index contributed by atoms with van der Waals surface area (Å²) in [6.07, 6.45) is 0.896. The predicted octanol–water partition coefficient (Wildman–Crippen LogP) is 3.89. The number of fused-ring (bicyclic) bond motifs is 1. The predicted molar refractivity (Wildman–Crippen MR) is 113 cm³/mol. The molecule has 0 N–H and O–H groups in total. The van der Waals surface area contributed by atoms with E-state index in [4.69, 9.17) is 18.9 Å². The molecule has 29 heavy (non-hydrogen) atoms. The van der Waals surface area contributed by atoms with Crippen molar-refractivity contribution in [2.75, 3.05) is 28.4 Å². The van der Waals surface area contributed by atoms with Gasteiger partial charge in [-0.15, -0.1) is 0 Å². The molecule has 0 aliphatic carbocycles. The fourth-order valence-corrected chi connectivity index (χ4v) is 4.11. The summed E-state index contributed by atoms with van der Waals surface area (Å²) in [6.45, 7) is 2.80. The molecule has 154 valence electrons. The number of aryl methyl sites for hydroxylation is 1. The fourth-order valence-electron chi connectivity index (χ4n) is 3.04. The Balaban J connectivity index is 2.16. The third-order valence-electron chi connectivity index (χ3n) is 4.47. The highest BCUT2D eigenvalue weighted by Gasteiger charge is 2.16. The molecule has 0 unspecified atom stereocenters. The van der Waals surface area contributed by atoms with Gasteiger partial charge >= 0.3 is 0 Å². The number of rotatable bonds is 7. The van der Waals surface area contributed by atoms with E-state index in [0.717, 1.165) is 23.2 Å². The second-order valence-corrected chi connectivity index (χ2v) is 7.20. The van der Waals surface area contributed by atoms with E-state index in [1.807, 2.05) is 16.7 Å². The molecular weight excluding hydrogens is 392 g/mol. The van der Waals surface area contributed by atoms with Gasteiger partial charge in [-0.1, -0.05) is 18.3 Å². The summed E-state index contributed by atoms with van der Waals surface area (Å²) in [7, 11) is 6.28. The maximum absolute atomic E-state index is 12.9. The minimum absolute atomic E-state index is 0.375. The summed E-state index contributed by atoms with van der Waals surface area (Å²) in [5, 5.41) is 0. The van der Waals surface area contributed by atoms with Gasteiger partial charge in [-0.2, -0.15) is 4.99 Å². The number of benzene rings is 2. The van der Waals surface area contributed by atoms with Crippen molar-refractivity contribution in [1.82, 2.24) is 4.57 Å². The van der Waals surface area contributed by atoms with Crippen LogP contribution < -0.4 is 23.7 Å². The van der Waals surface area contributed by atoms with Gasteiger partial charge in [-0.25, -0.2) is 0 Å². The van der Waals surface area contributed by atoms with Gasteiger partial charge < -0.3 is 23.5 Å². The third-order valence-corrected chi connectivity index (χ3v) is 5.51. The van der Waals surface area contributed by atoms with E-state index in [0.29, 0.717) is 33.4 Å². The molecule has 3 aromatic rings. The molecular formula is C21H24N2O5S. The molecule has 0 aliphatic heterocycles. The summed E-state index contributed by atoms with van der Waals surface area (Å²) >= 11 is 1.43. The molecule has 0 saturated heterocycles. The summed E-state index contributed by atoms with van der Waals surface area (Å²) in [5.41, 5.74) is 1.33. The summed E-state index contributed by atoms with van der Waals surface area (Å²) in [4.78, 5) is 17.9. The van der Waals surface area contributed by atoms with Crippen LogP contribution in [0.3, 0.4) is 0 Å². The zero-order valence-corrected chi connectivity index (χ0v) is 18.0. The average molecular weight is 416 g/mol. The molecule has 0 saturated carbocycles. The van der Waals surface area contributed by atoms with E-state index in [2.05, 4.69) is 11.9 Å². The van der Waals surface area contributed by atoms with Crippen LogP contribution in [-0.2, 0) is 6.54 Å². The van der Waals surface area contributed by atoms with E-state index in [9.17, 15) is 4.79 Å². The Morgan fingerprint density at radius 1 is 0.966 bits per heavy atom. The van der Waals surface area contributed by atoms with Crippen LogP contribution in [0.2, 0.25) is 0 Å². The first kappa shape index (κ1) is 20.7. The lowest BCUT2D eigenvalue weighted by molar-refractivity contribution is 0.0995. The second-order valence-electron chi connectivity index (χ2n) is 6.19. The van der Waals surface area contributed by atoms with Crippen molar-refractivity contribution in [2.24, 2.45) is 4.99 Å². The molecule has 0 radical (unpaired) electrons. The van der Waals surface area contributed by atoms with E-state index in [1.54, 1.807) is 39.5 Å². The molecule has 1 aromatic heterocycles. The first-order valence-corrected chi connectivity index (χ1v) is 9.94. The maximum Gasteiger partial charge on any atom is 0.283 e. The number of hydrogen-bond donors (Lipinski definition) is 0. The van der Waals surface area contributed by atoms with Crippen molar-refractivity contribution in [3.8, 4) is 23.0 Å². The van der Waals surface area contributed by atoms with Crippen LogP contribution in [0.5, 0.6) is 23.0 Å². The minimum Gasteiger partial charge on any atom is -0.497 e. The molecule has 2 aromatic carbocycles. The van der Waals surface area contributed by atoms with Crippen LogP contribution in [0.1, 0.15) is 23.7 Å². The summed E-state index contributed by atoms with van der Waals surface area (Å²) in [5.74, 6) is 1.93. The monoisotopic (exact) mass is 416 g/mol. The van der Waals surface area contributed by atoms with Gasteiger partial charge in [0.25, 0.3) is 5.91 Å². The lowest BCUT2D eigenvalue weighted by Crippen LogP contribution is -2.17. The summed E-state index contributed by atoms with van der Waals surface area (Å²) in [6, 6.07) is 8.86. The first-order valence-electron chi connectivity index (χ1n) is 9.12. The second kappa shape index (κ2) is 9.00. The third kappa shape index (κ3) is 4.07. The van der Waals surface area contributed by atoms with Gasteiger partial charge in [0.05, 0.1) is 44.2 Å². The smallest absolute Gasteiger partial charge is 0.283 e. The van der Waals surface area contributed by atoms with Crippen molar-refractivity contribution < 1.29 is 23.7 Å². The SMILES string of the molecule is CCCn1c(=NC(=O)c2ccc(OC)cc2OC)sc2cc(OC)c(OC)cc21. The van der Waals surface area contributed by atoms with Gasteiger partial charge in [0, 0.05) is 24.7 Å². The van der Waals surface area contributed by atoms with Crippen LogP contribution in [0.4, 0.5) is 0 Å². The van der Waals surface area contributed by atoms with Crippen molar-refractivity contribution in [3.05, 3.63) is 40.7 Å². The Morgan fingerprint density at radius 2 is 1.66 bits per heavy atom. The van der Waals surface area contributed by atoms with E-state index in [-0.39, 0.29) is 5.91 Å². The molecule has 0 spiro atoms. The number of aromatic nitrogens is 1. The number of carbonyl (C=O) groups excluding carboxylic acids is 1. The van der Waals surface area contributed by atoms with Gasteiger partial charge in [-0.05, 0) is 18.6 Å². The summed E-state index contributed by atoms with van der Waals surface area (Å²) < 4.78 is 24.4. The van der Waals surface area contributed by atoms with Gasteiger partial charge in [0.2, 0.25) is 0 Å². The van der Waals surface area contributed by atoms with Crippen molar-refractivity contribution >= 4 is 27.5 Å². The largest absolute Gasteiger partial charge is 0.497 e. The zero-order chi connectivity index (χ0) is 21.0. The van der Waals surface area contributed by atoms with E-state index < -0.39 is 0 Å². The standard InChI is InChI=1S/C21H24N2O5S/c1-6-9-23-15-11-17(27-4)18(28-5)12-19(15)29-21(23)22-20(24)14-8-7-13(25-2)10-16(14)26-3/h7-8,10-12H,6,9H2,1-5H3. The Labute approximate surface area is 173 Å². The number of methoxy groups -OCH3 is 4. The molecule has 3 rings (SSSR count). The molecule has 1 amide bonds. The molecule has 0 aliphatic rings. The number of hydrogen-bond acceptors (Lipinski definition) is 6. The molecule has 8 heteroatoms. The van der Waals surface area contributed by atoms with E-state index >= 15 is 0 Å². The molecule has 0 fully saturated rings. The first-order chi connectivity index (χ1) is 14.1. The molecule has 7 nitrogen and oxygen atoms in total. The number of nitrogens with zero attached hydrogens (tertiary/aromatic N) is 2. The van der Waals surface area contributed by atoms with Gasteiger partial charge in [-0.3, -0.25) is 4.79 Å². The van der Waals surface area contributed by atoms with Crippen LogP contribution >= 0.6 is 11.3 Å². The Bertz CT molecular complexity index is 1100. The lowest BCUT2D eigenvalue weighted by atomic mass is 10.2. The van der Waals surface area contributed by atoms with Crippen molar-refractivity contribution in [1.29, 1.82) is 0 Å². The van der Waals surface area contributed by atoms with Crippen LogP contribution in [0.25, 0.3) is 10.2 Å². The zero-order valence-electron chi connectivity index (χ0n) is 17.1. The minimum atomic E-state index is -0.375. The molecule has 1 heterocycles. The number of carbonyl (C=O) groups is 1. The van der Waals surface area contributed by atoms with E-state index in [1.165, 1.54) is 18.4 Å². The van der Waals surface area contributed by atoms with Crippen LogP contribution in [-0.4, -0.2) is 38.9 Å².